The van der Waals surface area contributed by atoms with Gasteiger partial charge in [-0.25, -0.2) is 0 Å². The first kappa shape index (κ1) is 25.2. The summed E-state index contributed by atoms with van der Waals surface area (Å²) in [4.78, 5) is 26.4. The number of rotatable bonds is 2. The van der Waals surface area contributed by atoms with Crippen LogP contribution in [0.25, 0.3) is 5.57 Å². The summed E-state index contributed by atoms with van der Waals surface area (Å²) in [6.45, 7) is 20.7. The van der Waals surface area contributed by atoms with Crippen molar-refractivity contribution in [3.05, 3.63) is 57.7 Å². The van der Waals surface area contributed by atoms with Gasteiger partial charge in [-0.2, -0.15) is 0 Å². The first-order valence-corrected chi connectivity index (χ1v) is 12.7. The van der Waals surface area contributed by atoms with Crippen molar-refractivity contribution >= 4 is 17.1 Å². The number of benzene rings is 1. The molecule has 1 unspecified atom stereocenters. The Morgan fingerprint density at radius 1 is 1.20 bits per heavy atom. The van der Waals surface area contributed by atoms with E-state index in [-0.39, 0.29) is 28.1 Å². The first-order valence-electron chi connectivity index (χ1n) is 12.7. The minimum Gasteiger partial charge on any atom is -0.507 e. The fourth-order valence-corrected chi connectivity index (χ4v) is 7.38. The van der Waals surface area contributed by atoms with E-state index in [4.69, 9.17) is 0 Å². The number of ketones is 2. The zero-order chi connectivity index (χ0) is 26.1. The SMILES string of the molecule is C=C1C2=C(C)[C@@]3(C)C(=O)C(C(C)=O)=C(C)C[C@@]3(C)C[C@@]2(C)Cc2c(C#CC(C)CC)ccc(O)c21. The van der Waals surface area contributed by atoms with Gasteiger partial charge in [0.2, 0.25) is 0 Å². The molecule has 35 heavy (non-hydrogen) atoms. The van der Waals surface area contributed by atoms with Crippen molar-refractivity contribution in [3.63, 3.8) is 0 Å². The highest BCUT2D eigenvalue weighted by molar-refractivity contribution is 6.23. The highest BCUT2D eigenvalue weighted by Gasteiger charge is 2.62. The Labute approximate surface area is 210 Å². The Balaban J connectivity index is 1.97. The van der Waals surface area contributed by atoms with Crippen molar-refractivity contribution in [2.75, 3.05) is 0 Å². The largest absolute Gasteiger partial charge is 0.507 e. The van der Waals surface area contributed by atoms with E-state index in [1.54, 1.807) is 6.07 Å². The molecule has 0 heterocycles. The van der Waals surface area contributed by atoms with Crippen LogP contribution in [0, 0.1) is 34.0 Å². The molecular weight excluding hydrogens is 432 g/mol. The number of phenolic OH excluding ortho intramolecular Hbond substituents is 1. The quantitative estimate of drug-likeness (QED) is 0.375. The van der Waals surface area contributed by atoms with Crippen molar-refractivity contribution < 1.29 is 14.7 Å². The van der Waals surface area contributed by atoms with Crippen LogP contribution < -0.4 is 0 Å². The normalized spacial score (nSPS) is 30.7. The average Bonchev–Trinajstić information content (AvgIpc) is 2.74. The van der Waals surface area contributed by atoms with Gasteiger partial charge in [0.1, 0.15) is 5.75 Å². The minimum atomic E-state index is -0.799. The van der Waals surface area contributed by atoms with Gasteiger partial charge in [0.15, 0.2) is 11.6 Å². The second-order valence-electron chi connectivity index (χ2n) is 11.9. The maximum absolute atomic E-state index is 14.0. The monoisotopic (exact) mass is 470 g/mol. The van der Waals surface area contributed by atoms with Crippen molar-refractivity contribution in [3.8, 4) is 17.6 Å². The van der Waals surface area contributed by atoms with Gasteiger partial charge in [-0.05, 0) is 93.1 Å². The smallest absolute Gasteiger partial charge is 0.176 e. The van der Waals surface area contributed by atoms with Crippen molar-refractivity contribution in [1.29, 1.82) is 0 Å². The Kier molecular flexibility index (Phi) is 5.83. The Morgan fingerprint density at radius 3 is 2.46 bits per heavy atom. The summed E-state index contributed by atoms with van der Waals surface area (Å²) < 4.78 is 0. The molecule has 0 saturated carbocycles. The molecule has 0 radical (unpaired) electrons. The molecule has 4 rings (SSSR count). The molecule has 1 aromatic rings. The molecule has 0 bridgehead atoms. The molecule has 0 fully saturated rings. The molecule has 184 valence electrons. The summed E-state index contributed by atoms with van der Waals surface area (Å²) in [5.41, 5.74) is 5.46. The molecule has 1 N–H and O–H groups in total. The number of hydrogen-bond donors (Lipinski definition) is 1. The van der Waals surface area contributed by atoms with Gasteiger partial charge in [-0.1, -0.05) is 57.3 Å². The van der Waals surface area contributed by atoms with Gasteiger partial charge in [-0.15, -0.1) is 0 Å². The van der Waals surface area contributed by atoms with Crippen LogP contribution in [0.5, 0.6) is 5.75 Å². The van der Waals surface area contributed by atoms with Crippen LogP contribution in [0.3, 0.4) is 0 Å². The third kappa shape index (κ3) is 3.40. The zero-order valence-electron chi connectivity index (χ0n) is 22.5. The topological polar surface area (TPSA) is 54.4 Å². The van der Waals surface area contributed by atoms with E-state index < -0.39 is 5.41 Å². The third-order valence-corrected chi connectivity index (χ3v) is 9.36. The number of phenols is 1. The van der Waals surface area contributed by atoms with Crippen LogP contribution in [-0.4, -0.2) is 16.7 Å². The average molecular weight is 471 g/mol. The van der Waals surface area contributed by atoms with Crippen molar-refractivity contribution in [2.45, 2.75) is 81.1 Å². The Bertz CT molecular complexity index is 1310. The van der Waals surface area contributed by atoms with Crippen LogP contribution in [0.1, 0.15) is 91.3 Å². The highest BCUT2D eigenvalue weighted by atomic mass is 16.3. The molecular formula is C32H38O3. The van der Waals surface area contributed by atoms with E-state index >= 15 is 0 Å². The summed E-state index contributed by atoms with van der Waals surface area (Å²) in [6, 6.07) is 3.64. The summed E-state index contributed by atoms with van der Waals surface area (Å²) in [5.74, 6) is 7.02. The standard InChI is InChI=1S/C32H38O3/c1-10-18(2)11-12-23-13-14-25(34)27-20(4)28-21(5)32(9)29(35)26(22(6)33)19(3)15-31(32,8)17-30(28,7)16-24(23)27/h13-14,18,34H,4,10,15-17H2,1-3,5-9H3/t18?,30-,31+,32+/m1/s1. The maximum atomic E-state index is 14.0. The lowest BCUT2D eigenvalue weighted by Crippen LogP contribution is -2.56. The molecule has 3 heteroatoms. The molecule has 0 amide bonds. The fraction of sp³-hybridized carbons (Fsp3) is 0.500. The minimum absolute atomic E-state index is 0.0701. The number of allylic oxidation sites excluding steroid dienone is 5. The van der Waals surface area contributed by atoms with Crippen LogP contribution in [-0.2, 0) is 16.0 Å². The van der Waals surface area contributed by atoms with Crippen molar-refractivity contribution in [2.24, 2.45) is 22.2 Å². The van der Waals surface area contributed by atoms with E-state index in [1.165, 1.54) is 6.92 Å². The number of aromatic hydroxyl groups is 1. The van der Waals surface area contributed by atoms with E-state index in [1.807, 2.05) is 26.8 Å². The second-order valence-corrected chi connectivity index (χ2v) is 11.9. The van der Waals surface area contributed by atoms with Gasteiger partial charge in [0.05, 0.1) is 11.0 Å². The highest BCUT2D eigenvalue weighted by Crippen LogP contribution is 2.68. The molecule has 4 atom stereocenters. The van der Waals surface area contributed by atoms with Gasteiger partial charge in [0, 0.05) is 17.0 Å². The van der Waals surface area contributed by atoms with Crippen LogP contribution in [0.2, 0.25) is 0 Å². The molecule has 0 saturated heterocycles. The molecule has 1 aromatic carbocycles. The molecule has 3 aliphatic rings. The predicted molar refractivity (Wildman–Crippen MR) is 142 cm³/mol. The molecule has 0 aliphatic heterocycles. The van der Waals surface area contributed by atoms with Gasteiger partial charge < -0.3 is 5.11 Å². The van der Waals surface area contributed by atoms with Crippen LogP contribution in [0.4, 0.5) is 0 Å². The number of Topliss-reactive ketones (excluding diaryl/α,β-unsaturated/α-hetero) is 2. The predicted octanol–water partition coefficient (Wildman–Crippen LogP) is 6.98. The molecule has 0 spiro atoms. The second kappa shape index (κ2) is 8.09. The Morgan fingerprint density at radius 2 is 1.86 bits per heavy atom. The summed E-state index contributed by atoms with van der Waals surface area (Å²) in [7, 11) is 0. The fourth-order valence-electron chi connectivity index (χ4n) is 7.38. The molecule has 0 aromatic heterocycles. The van der Waals surface area contributed by atoms with Gasteiger partial charge >= 0.3 is 0 Å². The van der Waals surface area contributed by atoms with Crippen LogP contribution >= 0.6 is 0 Å². The number of carbonyl (C=O) groups is 2. The maximum Gasteiger partial charge on any atom is 0.176 e. The molecule has 3 nitrogen and oxygen atoms in total. The van der Waals surface area contributed by atoms with E-state index in [0.29, 0.717) is 17.9 Å². The van der Waals surface area contributed by atoms with E-state index in [0.717, 1.165) is 58.2 Å². The number of hydrogen-bond acceptors (Lipinski definition) is 3. The summed E-state index contributed by atoms with van der Waals surface area (Å²) >= 11 is 0. The van der Waals surface area contributed by atoms with Crippen molar-refractivity contribution in [1.82, 2.24) is 0 Å². The van der Waals surface area contributed by atoms with E-state index in [2.05, 4.69) is 46.1 Å². The van der Waals surface area contributed by atoms with Crippen LogP contribution in [0.15, 0.2) is 41.0 Å². The third-order valence-electron chi connectivity index (χ3n) is 9.36. The Hall–Kier alpha value is -2.86. The molecule has 3 aliphatic carbocycles. The van der Waals surface area contributed by atoms with Gasteiger partial charge in [-0.3, -0.25) is 9.59 Å². The number of carbonyl (C=O) groups excluding carboxylic acids is 2. The summed E-state index contributed by atoms with van der Waals surface area (Å²) in [5, 5.41) is 10.9. The lowest BCUT2D eigenvalue weighted by molar-refractivity contribution is -0.134. The first-order chi connectivity index (χ1) is 16.2. The zero-order valence-corrected chi connectivity index (χ0v) is 22.5. The summed E-state index contributed by atoms with van der Waals surface area (Å²) in [6.07, 6.45) is 3.23. The lowest BCUT2D eigenvalue weighted by Gasteiger charge is -2.60. The lowest BCUT2D eigenvalue weighted by atomic mass is 9.42. The van der Waals surface area contributed by atoms with E-state index in [9.17, 15) is 14.7 Å². The van der Waals surface area contributed by atoms with Gasteiger partial charge in [0.25, 0.3) is 0 Å². The number of fused-ring (bicyclic) bond motifs is 3.